The lowest BCUT2D eigenvalue weighted by atomic mass is 9.91. The van der Waals surface area contributed by atoms with Crippen molar-refractivity contribution in [1.29, 1.82) is 0 Å². The van der Waals surface area contributed by atoms with Crippen molar-refractivity contribution in [1.82, 2.24) is 9.88 Å². The minimum atomic E-state index is -5.79. The van der Waals surface area contributed by atoms with Crippen LogP contribution < -0.4 is 10.1 Å². The number of hydrogen-bond acceptors (Lipinski definition) is 6. The van der Waals surface area contributed by atoms with Crippen LogP contribution >= 0.6 is 0 Å². The molecule has 2 amide bonds. The highest BCUT2D eigenvalue weighted by atomic mass is 19.4. The third kappa shape index (κ3) is 5.99. The number of amides is 2. The maximum atomic E-state index is 12.6. The quantitative estimate of drug-likeness (QED) is 0.577. The second-order valence-corrected chi connectivity index (χ2v) is 8.01. The summed E-state index contributed by atoms with van der Waals surface area (Å²) in [5.74, 6) is -1.95. The molecule has 1 aliphatic carbocycles. The molecule has 15 heteroatoms. The number of nitrogens with one attached hydrogen (secondary N) is 1. The number of rotatable bonds is 6. The molecule has 1 aliphatic heterocycles. The van der Waals surface area contributed by atoms with Gasteiger partial charge in [-0.25, -0.2) is 14.6 Å². The van der Waals surface area contributed by atoms with Gasteiger partial charge in [0.05, 0.1) is 11.9 Å². The van der Waals surface area contributed by atoms with E-state index >= 15 is 0 Å². The van der Waals surface area contributed by atoms with E-state index in [-0.39, 0.29) is 37.7 Å². The molecule has 0 bridgehead atoms. The fraction of sp³-hybridized carbons (Fsp3) is 0.579. The maximum Gasteiger partial charge on any atom is 0.434 e. The van der Waals surface area contributed by atoms with E-state index in [9.17, 15) is 40.7 Å². The number of alkyl halides is 6. The van der Waals surface area contributed by atoms with Crippen LogP contribution in [0.4, 0.5) is 36.8 Å². The largest absolute Gasteiger partial charge is 0.479 e. The van der Waals surface area contributed by atoms with Gasteiger partial charge < -0.3 is 24.8 Å². The van der Waals surface area contributed by atoms with Crippen LogP contribution in [0, 0.1) is 11.3 Å². The number of carboxylic acid groups (broad SMARTS) is 1. The SMILES string of the molecule is O=C(O)COc1ccc(NC(=O)C2CC23CCN(C(=O)OC(C(F)(F)F)C(F)(F)F)CC3)cn1. The van der Waals surface area contributed by atoms with Gasteiger partial charge in [0.15, 0.2) is 6.61 Å². The highest BCUT2D eigenvalue weighted by Crippen LogP contribution is 2.59. The van der Waals surface area contributed by atoms with E-state index in [0.717, 1.165) is 4.90 Å². The number of pyridine rings is 1. The van der Waals surface area contributed by atoms with Gasteiger partial charge in [-0.15, -0.1) is 0 Å². The first-order chi connectivity index (χ1) is 15.7. The predicted octanol–water partition coefficient (Wildman–Crippen LogP) is 3.22. The second kappa shape index (κ2) is 9.18. The molecule has 1 atom stereocenters. The molecule has 1 saturated carbocycles. The summed E-state index contributed by atoms with van der Waals surface area (Å²) >= 11 is 0. The topological polar surface area (TPSA) is 118 Å². The number of halogens is 6. The van der Waals surface area contributed by atoms with Gasteiger partial charge in [0.1, 0.15) is 0 Å². The molecule has 0 aromatic carbocycles. The van der Waals surface area contributed by atoms with Crippen molar-refractivity contribution in [3.63, 3.8) is 0 Å². The number of carbonyl (C=O) groups excluding carboxylic acids is 2. The van der Waals surface area contributed by atoms with Gasteiger partial charge in [-0.05, 0) is 30.7 Å². The summed E-state index contributed by atoms with van der Waals surface area (Å²) in [4.78, 5) is 39.5. The predicted molar refractivity (Wildman–Crippen MR) is 99.7 cm³/mol. The van der Waals surface area contributed by atoms with Crippen LogP contribution in [0.1, 0.15) is 19.3 Å². The van der Waals surface area contributed by atoms with E-state index in [0.29, 0.717) is 12.1 Å². The molecular weight excluding hydrogens is 480 g/mol. The van der Waals surface area contributed by atoms with Crippen LogP contribution in [0.5, 0.6) is 5.88 Å². The first-order valence-corrected chi connectivity index (χ1v) is 9.92. The van der Waals surface area contributed by atoms with Crippen molar-refractivity contribution in [2.24, 2.45) is 11.3 Å². The lowest BCUT2D eigenvalue weighted by Gasteiger charge is -2.33. The van der Waals surface area contributed by atoms with Gasteiger partial charge >= 0.3 is 24.4 Å². The third-order valence-corrected chi connectivity index (χ3v) is 5.68. The number of aromatic nitrogens is 1. The fourth-order valence-electron chi connectivity index (χ4n) is 3.80. The lowest BCUT2D eigenvalue weighted by Crippen LogP contribution is -2.49. The first-order valence-electron chi connectivity index (χ1n) is 9.92. The van der Waals surface area contributed by atoms with Gasteiger partial charge in [0, 0.05) is 25.1 Å². The van der Waals surface area contributed by atoms with Crippen LogP contribution in [0.2, 0.25) is 0 Å². The maximum absolute atomic E-state index is 12.6. The highest BCUT2D eigenvalue weighted by Gasteiger charge is 2.61. The fourth-order valence-corrected chi connectivity index (χ4v) is 3.80. The number of carboxylic acids is 1. The van der Waals surface area contributed by atoms with E-state index < -0.39 is 48.5 Å². The van der Waals surface area contributed by atoms with E-state index in [1.807, 2.05) is 0 Å². The number of likely N-dealkylation sites (tertiary alicyclic amines) is 1. The molecular formula is C19H19F6N3O6. The summed E-state index contributed by atoms with van der Waals surface area (Å²) < 4.78 is 84.1. The number of ether oxygens (including phenoxy) is 2. The Morgan fingerprint density at radius 1 is 1.15 bits per heavy atom. The molecule has 1 aromatic rings. The van der Waals surface area contributed by atoms with Crippen molar-refractivity contribution in [2.45, 2.75) is 37.7 Å². The number of nitrogens with zero attached hydrogens (tertiary/aromatic N) is 2. The molecule has 2 heterocycles. The van der Waals surface area contributed by atoms with Gasteiger partial charge in [-0.3, -0.25) is 4.79 Å². The van der Waals surface area contributed by atoms with Crippen molar-refractivity contribution >= 4 is 23.7 Å². The lowest BCUT2D eigenvalue weighted by molar-refractivity contribution is -0.308. The van der Waals surface area contributed by atoms with Crippen LogP contribution in [0.25, 0.3) is 0 Å². The monoisotopic (exact) mass is 499 g/mol. The normalized spacial score (nSPS) is 19.6. The summed E-state index contributed by atoms with van der Waals surface area (Å²) in [5.41, 5.74) is -0.187. The Bertz CT molecular complexity index is 914. The number of carbonyl (C=O) groups is 3. The van der Waals surface area contributed by atoms with E-state index in [4.69, 9.17) is 9.84 Å². The smallest absolute Gasteiger partial charge is 0.434 e. The molecule has 2 aliphatic rings. The van der Waals surface area contributed by atoms with Crippen LogP contribution in [-0.2, 0) is 14.3 Å². The Balaban J connectivity index is 1.49. The standard InChI is InChI=1S/C19H19F6N3O6/c20-18(21,22)15(19(23,24)25)34-16(32)28-5-3-17(4-6-28)7-11(17)14(31)27-10-1-2-12(26-8-10)33-9-13(29)30/h1-2,8,11,15H,3-7,9H2,(H,27,31)(H,29,30). The molecule has 0 radical (unpaired) electrons. The van der Waals surface area contributed by atoms with Gasteiger partial charge in [0.2, 0.25) is 11.8 Å². The summed E-state index contributed by atoms with van der Waals surface area (Å²) in [5, 5.41) is 11.2. The minimum absolute atomic E-state index is 0.0424. The molecule has 1 saturated heterocycles. The molecule has 2 fully saturated rings. The Labute approximate surface area is 188 Å². The van der Waals surface area contributed by atoms with Crippen molar-refractivity contribution < 1.29 is 55.3 Å². The Morgan fingerprint density at radius 3 is 2.26 bits per heavy atom. The summed E-state index contributed by atoms with van der Waals surface area (Å²) in [7, 11) is 0. The van der Waals surface area contributed by atoms with Crippen LogP contribution in [0.15, 0.2) is 18.3 Å². The number of aliphatic carboxylic acids is 1. The zero-order valence-electron chi connectivity index (χ0n) is 17.3. The number of piperidine rings is 1. The van der Waals surface area contributed by atoms with Crippen LogP contribution in [-0.4, -0.2) is 71.1 Å². The Kier molecular flexibility index (Phi) is 6.85. The first kappa shape index (κ1) is 25.4. The van der Waals surface area contributed by atoms with E-state index in [2.05, 4.69) is 15.0 Å². The summed E-state index contributed by atoms with van der Waals surface area (Å²) in [6.45, 7) is -0.884. The highest BCUT2D eigenvalue weighted by molar-refractivity contribution is 5.95. The molecule has 34 heavy (non-hydrogen) atoms. The van der Waals surface area contributed by atoms with Crippen molar-refractivity contribution in [3.8, 4) is 5.88 Å². The number of hydrogen-bond donors (Lipinski definition) is 2. The molecule has 188 valence electrons. The summed E-state index contributed by atoms with van der Waals surface area (Å²) in [6, 6.07) is 2.81. The van der Waals surface area contributed by atoms with E-state index in [1.165, 1.54) is 18.3 Å². The molecule has 2 N–H and O–H groups in total. The minimum Gasteiger partial charge on any atom is -0.479 e. The van der Waals surface area contributed by atoms with Crippen LogP contribution in [0.3, 0.4) is 0 Å². The molecule has 1 aromatic heterocycles. The third-order valence-electron chi connectivity index (χ3n) is 5.68. The molecule has 1 spiro atoms. The average molecular weight is 499 g/mol. The molecule has 1 unspecified atom stereocenters. The zero-order chi connectivity index (χ0) is 25.3. The van der Waals surface area contributed by atoms with Crippen molar-refractivity contribution in [2.75, 3.05) is 25.0 Å². The van der Waals surface area contributed by atoms with Gasteiger partial charge in [-0.1, -0.05) is 0 Å². The van der Waals surface area contributed by atoms with Gasteiger partial charge in [0.25, 0.3) is 6.10 Å². The Morgan fingerprint density at radius 2 is 1.76 bits per heavy atom. The summed E-state index contributed by atoms with van der Waals surface area (Å²) in [6.07, 6.45) is -15.4. The molecule has 3 rings (SSSR count). The van der Waals surface area contributed by atoms with E-state index in [1.54, 1.807) is 0 Å². The Hall–Kier alpha value is -3.26. The second-order valence-electron chi connectivity index (χ2n) is 8.01. The van der Waals surface area contributed by atoms with Gasteiger partial charge in [-0.2, -0.15) is 26.3 Å². The molecule has 9 nitrogen and oxygen atoms in total. The number of anilines is 1. The zero-order valence-corrected chi connectivity index (χ0v) is 17.3. The van der Waals surface area contributed by atoms with Crippen molar-refractivity contribution in [3.05, 3.63) is 18.3 Å². The average Bonchev–Trinajstić information content (AvgIpc) is 3.43.